The number of ketones is 1. The number of benzene rings is 1. The molecule has 0 aromatic heterocycles. The van der Waals surface area contributed by atoms with Gasteiger partial charge >= 0.3 is 0 Å². The van der Waals surface area contributed by atoms with Crippen LogP contribution in [0.2, 0.25) is 0 Å². The molecule has 0 bridgehead atoms. The summed E-state index contributed by atoms with van der Waals surface area (Å²) in [7, 11) is 0. The van der Waals surface area contributed by atoms with Gasteiger partial charge in [0.25, 0.3) is 0 Å². The summed E-state index contributed by atoms with van der Waals surface area (Å²) in [5.41, 5.74) is 1.85. The largest absolute Gasteiger partial charge is 0.289 e. The molecule has 1 heteroatoms. The fourth-order valence-electron chi connectivity index (χ4n) is 1.30. The number of carbonyl (C=O) groups excluding carboxylic acids is 1. The summed E-state index contributed by atoms with van der Waals surface area (Å²) < 4.78 is 0. The Labute approximate surface area is 85.5 Å². The molecule has 0 N–H and O–H groups in total. The van der Waals surface area contributed by atoms with E-state index < -0.39 is 0 Å². The van der Waals surface area contributed by atoms with Gasteiger partial charge in [-0.2, -0.15) is 0 Å². The minimum atomic E-state index is 0.108. The van der Waals surface area contributed by atoms with E-state index in [1.807, 2.05) is 37.3 Å². The van der Waals surface area contributed by atoms with Crippen LogP contribution in [0.4, 0.5) is 0 Å². The summed E-state index contributed by atoms with van der Waals surface area (Å²) in [6.45, 7) is 4.06. The SMILES string of the molecule is CCC/C=C/C(=O)c1ccccc1C. The second kappa shape index (κ2) is 5.38. The summed E-state index contributed by atoms with van der Waals surface area (Å²) in [5, 5.41) is 0. The van der Waals surface area contributed by atoms with Gasteiger partial charge < -0.3 is 0 Å². The Hall–Kier alpha value is -1.37. The zero-order valence-electron chi connectivity index (χ0n) is 8.79. The number of unbranched alkanes of at least 4 members (excludes halogenated alkanes) is 1. The molecule has 0 aliphatic rings. The molecule has 0 aliphatic heterocycles. The van der Waals surface area contributed by atoms with E-state index in [1.54, 1.807) is 6.08 Å². The van der Waals surface area contributed by atoms with Crippen LogP contribution in [-0.4, -0.2) is 5.78 Å². The van der Waals surface area contributed by atoms with Crippen LogP contribution in [0.25, 0.3) is 0 Å². The van der Waals surface area contributed by atoms with Crippen molar-refractivity contribution in [1.82, 2.24) is 0 Å². The number of aryl methyl sites for hydroxylation is 1. The van der Waals surface area contributed by atoms with Crippen LogP contribution >= 0.6 is 0 Å². The van der Waals surface area contributed by atoms with Gasteiger partial charge in [0.2, 0.25) is 0 Å². The Bertz CT molecular complexity index is 337. The summed E-state index contributed by atoms with van der Waals surface area (Å²) in [4.78, 5) is 11.7. The zero-order chi connectivity index (χ0) is 10.4. The maximum absolute atomic E-state index is 11.7. The lowest BCUT2D eigenvalue weighted by Crippen LogP contribution is -1.96. The fourth-order valence-corrected chi connectivity index (χ4v) is 1.30. The molecule has 0 fully saturated rings. The Morgan fingerprint density at radius 2 is 2.07 bits per heavy atom. The summed E-state index contributed by atoms with van der Waals surface area (Å²) in [5.74, 6) is 0.108. The Kier molecular flexibility index (Phi) is 4.11. The van der Waals surface area contributed by atoms with Crippen molar-refractivity contribution in [1.29, 1.82) is 0 Å². The van der Waals surface area contributed by atoms with Crippen LogP contribution < -0.4 is 0 Å². The van der Waals surface area contributed by atoms with Gasteiger partial charge in [0.05, 0.1) is 0 Å². The molecule has 1 aromatic rings. The van der Waals surface area contributed by atoms with Crippen LogP contribution in [0, 0.1) is 6.92 Å². The maximum Gasteiger partial charge on any atom is 0.185 e. The minimum absolute atomic E-state index is 0.108. The summed E-state index contributed by atoms with van der Waals surface area (Å²) in [6.07, 6.45) is 5.66. The molecule has 1 aromatic carbocycles. The molecule has 0 spiro atoms. The molecule has 14 heavy (non-hydrogen) atoms. The van der Waals surface area contributed by atoms with E-state index in [0.717, 1.165) is 24.0 Å². The smallest absolute Gasteiger partial charge is 0.185 e. The first-order valence-electron chi connectivity index (χ1n) is 5.02. The van der Waals surface area contributed by atoms with Gasteiger partial charge in [0, 0.05) is 5.56 Å². The highest BCUT2D eigenvalue weighted by Crippen LogP contribution is 2.08. The van der Waals surface area contributed by atoms with Gasteiger partial charge in [0.15, 0.2) is 5.78 Å². The van der Waals surface area contributed by atoms with Crippen LogP contribution in [0.15, 0.2) is 36.4 Å². The van der Waals surface area contributed by atoms with Crippen LogP contribution in [-0.2, 0) is 0 Å². The monoisotopic (exact) mass is 188 g/mol. The average molecular weight is 188 g/mol. The number of rotatable bonds is 4. The van der Waals surface area contributed by atoms with Gasteiger partial charge in [-0.1, -0.05) is 43.7 Å². The summed E-state index contributed by atoms with van der Waals surface area (Å²) >= 11 is 0. The second-order valence-corrected chi connectivity index (χ2v) is 3.37. The average Bonchev–Trinajstić information content (AvgIpc) is 2.18. The van der Waals surface area contributed by atoms with E-state index in [9.17, 15) is 4.79 Å². The molecule has 0 heterocycles. The molecule has 0 unspecified atom stereocenters. The normalized spacial score (nSPS) is 10.7. The van der Waals surface area contributed by atoms with Crippen LogP contribution in [0.1, 0.15) is 35.7 Å². The van der Waals surface area contributed by atoms with Crippen molar-refractivity contribution in [3.8, 4) is 0 Å². The molecule has 74 valence electrons. The Morgan fingerprint density at radius 3 is 2.71 bits per heavy atom. The highest BCUT2D eigenvalue weighted by molar-refractivity contribution is 6.05. The quantitative estimate of drug-likeness (QED) is 0.521. The van der Waals surface area contributed by atoms with Gasteiger partial charge in [-0.15, -0.1) is 0 Å². The number of carbonyl (C=O) groups is 1. The number of hydrogen-bond donors (Lipinski definition) is 0. The van der Waals surface area contributed by atoms with E-state index in [1.165, 1.54) is 0 Å². The molecule has 0 saturated heterocycles. The Balaban J connectivity index is 2.75. The molecule has 0 atom stereocenters. The van der Waals surface area contributed by atoms with E-state index in [4.69, 9.17) is 0 Å². The van der Waals surface area contributed by atoms with E-state index in [2.05, 4.69) is 6.92 Å². The van der Waals surface area contributed by atoms with Crippen molar-refractivity contribution in [2.24, 2.45) is 0 Å². The first-order valence-corrected chi connectivity index (χ1v) is 5.02. The van der Waals surface area contributed by atoms with Gasteiger partial charge in [-0.3, -0.25) is 4.79 Å². The lowest BCUT2D eigenvalue weighted by Gasteiger charge is -1.99. The van der Waals surface area contributed by atoms with Crippen molar-refractivity contribution < 1.29 is 4.79 Å². The number of hydrogen-bond acceptors (Lipinski definition) is 1. The van der Waals surface area contributed by atoms with E-state index in [-0.39, 0.29) is 5.78 Å². The number of allylic oxidation sites excluding steroid dienone is 2. The van der Waals surface area contributed by atoms with E-state index in [0.29, 0.717) is 0 Å². The van der Waals surface area contributed by atoms with Crippen LogP contribution in [0.3, 0.4) is 0 Å². The highest BCUT2D eigenvalue weighted by atomic mass is 16.1. The van der Waals surface area contributed by atoms with E-state index >= 15 is 0 Å². The topological polar surface area (TPSA) is 17.1 Å². The zero-order valence-corrected chi connectivity index (χ0v) is 8.79. The maximum atomic E-state index is 11.7. The van der Waals surface area contributed by atoms with Crippen molar-refractivity contribution >= 4 is 5.78 Å². The second-order valence-electron chi connectivity index (χ2n) is 3.37. The van der Waals surface area contributed by atoms with Gasteiger partial charge in [0.1, 0.15) is 0 Å². The third-order valence-corrected chi connectivity index (χ3v) is 2.14. The van der Waals surface area contributed by atoms with Gasteiger partial charge in [-0.25, -0.2) is 0 Å². The Morgan fingerprint density at radius 1 is 1.36 bits per heavy atom. The molecule has 0 aliphatic carbocycles. The molecule has 1 nitrogen and oxygen atoms in total. The lowest BCUT2D eigenvalue weighted by atomic mass is 10.0. The van der Waals surface area contributed by atoms with Crippen molar-refractivity contribution in [2.45, 2.75) is 26.7 Å². The summed E-state index contributed by atoms with van der Waals surface area (Å²) in [6, 6.07) is 7.67. The first-order chi connectivity index (χ1) is 6.75. The first kappa shape index (κ1) is 10.7. The minimum Gasteiger partial charge on any atom is -0.289 e. The molecule has 0 amide bonds. The standard InChI is InChI=1S/C13H16O/c1-3-4-5-10-13(14)12-9-7-6-8-11(12)2/h5-10H,3-4H2,1-2H3/b10-5+. The predicted molar refractivity (Wildman–Crippen MR) is 59.6 cm³/mol. The highest BCUT2D eigenvalue weighted by Gasteiger charge is 2.03. The predicted octanol–water partition coefficient (Wildman–Crippen LogP) is 3.53. The lowest BCUT2D eigenvalue weighted by molar-refractivity contribution is 0.104. The molecule has 0 saturated carbocycles. The van der Waals surface area contributed by atoms with Crippen LogP contribution in [0.5, 0.6) is 0 Å². The van der Waals surface area contributed by atoms with Gasteiger partial charge in [-0.05, 0) is 25.0 Å². The van der Waals surface area contributed by atoms with Crippen molar-refractivity contribution in [3.05, 3.63) is 47.5 Å². The molecule has 1 rings (SSSR count). The molecular formula is C13H16O. The van der Waals surface area contributed by atoms with Crippen molar-refractivity contribution in [3.63, 3.8) is 0 Å². The molecular weight excluding hydrogens is 172 g/mol. The fraction of sp³-hybridized carbons (Fsp3) is 0.308. The molecule has 0 radical (unpaired) electrons. The third-order valence-electron chi connectivity index (χ3n) is 2.14. The van der Waals surface area contributed by atoms with Crippen molar-refractivity contribution in [2.75, 3.05) is 0 Å². The third kappa shape index (κ3) is 2.84.